The van der Waals surface area contributed by atoms with Crippen LogP contribution in [0.4, 0.5) is 0 Å². The van der Waals surface area contributed by atoms with Crippen LogP contribution in [0.2, 0.25) is 0 Å². The quantitative estimate of drug-likeness (QED) is 0.151. The van der Waals surface area contributed by atoms with Crippen molar-refractivity contribution in [1.82, 2.24) is 9.72 Å². The molecule has 208 valence electrons. The van der Waals surface area contributed by atoms with Gasteiger partial charge in [0.2, 0.25) is 7.51 Å². The molecule has 0 aliphatic carbocycles. The van der Waals surface area contributed by atoms with Gasteiger partial charge in [-0.2, -0.15) is 0 Å². The molecule has 0 spiro atoms. The van der Waals surface area contributed by atoms with E-state index in [0.717, 1.165) is 22.3 Å². The molecule has 1 aliphatic heterocycles. The van der Waals surface area contributed by atoms with Crippen molar-refractivity contribution in [1.29, 1.82) is 0 Å². The molecule has 0 amide bonds. The van der Waals surface area contributed by atoms with Gasteiger partial charge >= 0.3 is 16.0 Å². The molecule has 0 atom stereocenters. The molecule has 0 fully saturated rings. The number of benzene rings is 4. The van der Waals surface area contributed by atoms with Crippen LogP contribution in [0.15, 0.2) is 102 Å². The van der Waals surface area contributed by atoms with E-state index in [-0.39, 0.29) is 0 Å². The topological polar surface area (TPSA) is 125 Å². The third kappa shape index (κ3) is 6.49. The number of hydrogen-bond acceptors (Lipinski definition) is 9. The Morgan fingerprint density at radius 2 is 0.875 bits per heavy atom. The Bertz CT molecular complexity index is 1480. The lowest BCUT2D eigenvalue weighted by molar-refractivity contribution is 0.418. The van der Waals surface area contributed by atoms with Crippen LogP contribution in [-0.4, -0.2) is 0 Å². The summed E-state index contributed by atoms with van der Waals surface area (Å²) in [6, 6.07) is 30.6. The molecule has 0 radical (unpaired) electrons. The summed E-state index contributed by atoms with van der Waals surface area (Å²) in [6.45, 7) is 7.81. The Balaban J connectivity index is 1.69. The molecule has 9 nitrogen and oxygen atoms in total. The minimum Gasteiger partial charge on any atom is -0.270 e. The molecule has 12 heteroatoms. The summed E-state index contributed by atoms with van der Waals surface area (Å²) in [6.07, 6.45) is 0. The lowest BCUT2D eigenvalue weighted by Gasteiger charge is -2.32. The standard InChI is InChI=1S/C28H34N5O4P3/c1-21-13-5-9-17-25(21)34-39(35-26-18-10-6-14-22(26)2)31-38(29,30)32-40(33-39,36-27-19-11-7-15-23(27)3)37-28-20-12-8-16-24(28)4/h5-20,31,33H,29-30H2,1-4H3/q+2. The van der Waals surface area contributed by atoms with Crippen molar-refractivity contribution in [2.75, 3.05) is 0 Å². The van der Waals surface area contributed by atoms with Gasteiger partial charge in [-0.05, 0) is 83.6 Å². The zero-order chi connectivity index (χ0) is 28.4. The largest absolute Gasteiger partial charge is 0.613 e. The van der Waals surface area contributed by atoms with Crippen molar-refractivity contribution < 1.29 is 18.1 Å². The van der Waals surface area contributed by atoms with Gasteiger partial charge < -0.3 is 0 Å². The monoisotopic (exact) mass is 597 g/mol. The van der Waals surface area contributed by atoms with E-state index in [1.807, 2.05) is 125 Å². The Hall–Kier alpha value is -2.99. The maximum atomic E-state index is 6.70. The van der Waals surface area contributed by atoms with Crippen LogP contribution < -0.4 is 38.8 Å². The highest BCUT2D eigenvalue weighted by molar-refractivity contribution is 7.90. The van der Waals surface area contributed by atoms with Crippen LogP contribution >= 0.6 is 23.5 Å². The molecule has 0 aromatic heterocycles. The molecule has 0 saturated carbocycles. The molecular formula is C28H34N5O4P3+2. The maximum Gasteiger partial charge on any atom is 0.613 e. The summed E-state index contributed by atoms with van der Waals surface area (Å²) in [5.74, 6) is 2.34. The highest BCUT2D eigenvalue weighted by Gasteiger charge is 2.72. The highest BCUT2D eigenvalue weighted by atomic mass is 31.3. The first kappa shape index (κ1) is 28.5. The Labute approximate surface area is 236 Å². The summed E-state index contributed by atoms with van der Waals surface area (Å²) in [5, 5.41) is 0. The van der Waals surface area contributed by atoms with E-state index < -0.39 is 23.5 Å². The SMILES string of the molecule is Cc1ccccc1O[P+]1(Oc2ccccc2C)N=P(N)(N)N[P+](Oc2ccccc2C)(Oc2ccccc2C)N1. The molecule has 5 rings (SSSR count). The molecule has 0 bridgehead atoms. The second kappa shape index (κ2) is 11.5. The molecule has 4 aromatic rings. The van der Waals surface area contributed by atoms with E-state index in [1.165, 1.54) is 0 Å². The fraction of sp³-hybridized carbons (Fsp3) is 0.143. The predicted octanol–water partition coefficient (Wildman–Crippen LogP) is 7.95. The van der Waals surface area contributed by atoms with Crippen molar-refractivity contribution in [3.8, 4) is 23.0 Å². The Morgan fingerprint density at radius 1 is 0.550 bits per heavy atom. The highest BCUT2D eigenvalue weighted by Crippen LogP contribution is 2.77. The fourth-order valence-corrected chi connectivity index (χ4v) is 13.5. The second-order valence-corrected chi connectivity index (χ2v) is 16.2. The van der Waals surface area contributed by atoms with Crippen LogP contribution in [0.3, 0.4) is 0 Å². The molecule has 40 heavy (non-hydrogen) atoms. The van der Waals surface area contributed by atoms with E-state index in [2.05, 4.69) is 9.72 Å². The minimum absolute atomic E-state index is 0.576. The predicted molar refractivity (Wildman–Crippen MR) is 165 cm³/mol. The van der Waals surface area contributed by atoms with Gasteiger partial charge in [0.1, 0.15) is 4.86 Å². The van der Waals surface area contributed by atoms with Crippen molar-refractivity contribution >= 4 is 23.5 Å². The van der Waals surface area contributed by atoms with E-state index >= 15 is 0 Å². The fourth-order valence-electron chi connectivity index (χ4n) is 4.01. The number of hydrogen-bond donors (Lipinski definition) is 4. The Morgan fingerprint density at radius 3 is 1.23 bits per heavy atom. The van der Waals surface area contributed by atoms with Crippen molar-refractivity contribution in [3.05, 3.63) is 119 Å². The smallest absolute Gasteiger partial charge is 0.270 e. The van der Waals surface area contributed by atoms with Gasteiger partial charge in [0, 0.05) is 0 Å². The summed E-state index contributed by atoms with van der Waals surface area (Å²) in [5.41, 5.74) is 17.0. The molecule has 4 aromatic carbocycles. The Kier molecular flexibility index (Phi) is 8.19. The zero-order valence-electron chi connectivity index (χ0n) is 22.8. The van der Waals surface area contributed by atoms with Crippen LogP contribution in [0.1, 0.15) is 22.3 Å². The lowest BCUT2D eigenvalue weighted by atomic mass is 10.2. The van der Waals surface area contributed by atoms with Crippen LogP contribution in [0.25, 0.3) is 0 Å². The molecule has 1 heterocycles. The van der Waals surface area contributed by atoms with Crippen LogP contribution in [0, 0.1) is 27.7 Å². The van der Waals surface area contributed by atoms with Gasteiger partial charge in [0.05, 0.1) is 0 Å². The third-order valence-electron chi connectivity index (χ3n) is 6.09. The lowest BCUT2D eigenvalue weighted by Crippen LogP contribution is -2.42. The molecule has 1 aliphatic rings. The van der Waals surface area contributed by atoms with Crippen molar-refractivity contribution in [2.45, 2.75) is 27.7 Å². The summed E-state index contributed by atoms with van der Waals surface area (Å²) in [4.78, 5) is 6.70. The van der Waals surface area contributed by atoms with E-state index in [0.29, 0.717) is 23.0 Å². The van der Waals surface area contributed by atoms with Gasteiger partial charge in [-0.1, -0.05) is 72.8 Å². The number of para-hydroxylation sites is 4. The first-order chi connectivity index (χ1) is 19.1. The number of rotatable bonds is 8. The summed E-state index contributed by atoms with van der Waals surface area (Å²) in [7, 11) is -10.2. The summed E-state index contributed by atoms with van der Waals surface area (Å²) < 4.78 is 31.6. The van der Waals surface area contributed by atoms with Gasteiger partial charge in [0.25, 0.3) is 0 Å². The van der Waals surface area contributed by atoms with Gasteiger partial charge in [-0.3, -0.25) is 29.1 Å². The second-order valence-electron chi connectivity index (χ2n) is 9.53. The third-order valence-corrected chi connectivity index (χ3v) is 14.4. The number of nitrogens with zero attached hydrogens (tertiary/aromatic N) is 1. The summed E-state index contributed by atoms with van der Waals surface area (Å²) >= 11 is 0. The van der Waals surface area contributed by atoms with E-state index in [1.54, 1.807) is 0 Å². The average molecular weight is 598 g/mol. The van der Waals surface area contributed by atoms with Crippen LogP contribution in [0.5, 0.6) is 23.0 Å². The first-order valence-corrected chi connectivity index (χ1v) is 17.7. The number of nitrogens with one attached hydrogen (secondary N) is 2. The van der Waals surface area contributed by atoms with Gasteiger partial charge in [0.15, 0.2) is 23.0 Å². The van der Waals surface area contributed by atoms with Gasteiger partial charge in [-0.25, -0.2) is 0 Å². The first-order valence-electron chi connectivity index (χ1n) is 12.7. The van der Waals surface area contributed by atoms with Crippen molar-refractivity contribution in [3.63, 3.8) is 0 Å². The number of nitrogens with two attached hydrogens (primary N) is 2. The van der Waals surface area contributed by atoms with Crippen molar-refractivity contribution in [2.24, 2.45) is 15.5 Å². The minimum atomic E-state index is -3.52. The maximum absolute atomic E-state index is 6.70. The average Bonchev–Trinajstić information content (AvgIpc) is 2.89. The molecule has 0 unspecified atom stereocenters. The molecule has 0 saturated heterocycles. The number of aryl methyl sites for hydroxylation is 4. The molecular weight excluding hydrogens is 563 g/mol. The zero-order valence-corrected chi connectivity index (χ0v) is 25.5. The van der Waals surface area contributed by atoms with Crippen LogP contribution in [-0.2, 0) is 0 Å². The normalized spacial score (nSPS) is 16.9. The van der Waals surface area contributed by atoms with E-state index in [4.69, 9.17) is 33.6 Å². The van der Waals surface area contributed by atoms with E-state index in [9.17, 15) is 0 Å². The van der Waals surface area contributed by atoms with Gasteiger partial charge in [-0.15, -0.1) is 0 Å². The molecule has 6 N–H and O–H groups in total.